The highest BCUT2D eigenvalue weighted by Gasteiger charge is 2.47. The third kappa shape index (κ3) is 6.47. The molecule has 6 rings (SSSR count). The summed E-state index contributed by atoms with van der Waals surface area (Å²) in [5.41, 5.74) is 1.37. The smallest absolute Gasteiger partial charge is 0.323 e. The number of carbonyl (C=O) groups is 5. The zero-order valence-electron chi connectivity index (χ0n) is 27.1. The predicted octanol–water partition coefficient (Wildman–Crippen LogP) is 2.76. The number of rotatable bonds is 7. The number of likely N-dealkylation sites (N-methyl/N-ethyl adjacent to an activating group) is 1. The molecule has 11 nitrogen and oxygen atoms in total. The van der Waals surface area contributed by atoms with Crippen molar-refractivity contribution in [2.75, 3.05) is 44.7 Å². The Balaban J connectivity index is 1.17. The summed E-state index contributed by atoms with van der Waals surface area (Å²) < 4.78 is 5.28. The van der Waals surface area contributed by atoms with Crippen LogP contribution in [0.5, 0.6) is 5.75 Å². The first kappa shape index (κ1) is 32.3. The molecular weight excluding hydrogens is 598 g/mol. The summed E-state index contributed by atoms with van der Waals surface area (Å²) in [4.78, 5) is 70.6. The standard InChI is InChI=1S/C36H41N5O6/c1-4-39-15-17-40(18-16-39)33(44)30-11-12-32(43)41(30)27-8-5-24(6-9-27)13-14-36(34(45)37-35(46)38-36)22-23(2)26-19-25-7-10-28(47-3)21-29(25)31(42)20-26/h5-10,21,23,26,30H,4,11-12,15-20,22H2,1-3H3,(H2,37,38,45,46). The van der Waals surface area contributed by atoms with Gasteiger partial charge in [-0.15, -0.1) is 0 Å². The molecule has 4 aliphatic rings. The molecule has 0 aromatic heterocycles. The van der Waals surface area contributed by atoms with E-state index in [-0.39, 0.29) is 35.9 Å². The van der Waals surface area contributed by atoms with E-state index in [1.54, 1.807) is 42.3 Å². The highest BCUT2D eigenvalue weighted by Crippen LogP contribution is 2.36. The van der Waals surface area contributed by atoms with E-state index < -0.39 is 23.5 Å². The van der Waals surface area contributed by atoms with Crippen molar-refractivity contribution < 1.29 is 28.7 Å². The molecule has 4 atom stereocenters. The first-order valence-corrected chi connectivity index (χ1v) is 16.4. The lowest BCUT2D eigenvalue weighted by atomic mass is 9.73. The average Bonchev–Trinajstić information content (AvgIpc) is 3.60. The van der Waals surface area contributed by atoms with Gasteiger partial charge in [0, 0.05) is 55.8 Å². The first-order chi connectivity index (χ1) is 22.6. The molecule has 0 saturated carbocycles. The molecule has 0 radical (unpaired) electrons. The Hall–Kier alpha value is -4.69. The van der Waals surface area contributed by atoms with Crippen LogP contribution in [0, 0.1) is 23.7 Å². The maximum Gasteiger partial charge on any atom is 0.323 e. The molecule has 1 aliphatic carbocycles. The molecule has 3 aliphatic heterocycles. The van der Waals surface area contributed by atoms with Crippen LogP contribution in [-0.2, 0) is 20.8 Å². The third-order valence-electron chi connectivity index (χ3n) is 10.1. The second-order valence-corrected chi connectivity index (χ2v) is 13.0. The van der Waals surface area contributed by atoms with Gasteiger partial charge >= 0.3 is 6.03 Å². The molecule has 5 amide bonds. The number of benzene rings is 2. The van der Waals surface area contributed by atoms with Crippen LogP contribution >= 0.6 is 0 Å². The topological polar surface area (TPSA) is 128 Å². The van der Waals surface area contributed by atoms with Gasteiger partial charge in [-0.1, -0.05) is 31.8 Å². The van der Waals surface area contributed by atoms with Crippen LogP contribution in [-0.4, -0.2) is 90.8 Å². The number of urea groups is 1. The van der Waals surface area contributed by atoms with E-state index >= 15 is 0 Å². The van der Waals surface area contributed by atoms with Crippen molar-refractivity contribution in [2.24, 2.45) is 11.8 Å². The summed E-state index contributed by atoms with van der Waals surface area (Å²) in [6.45, 7) is 8.02. The van der Waals surface area contributed by atoms with Gasteiger partial charge in [0.15, 0.2) is 11.3 Å². The van der Waals surface area contributed by atoms with Gasteiger partial charge in [0.1, 0.15) is 11.8 Å². The minimum atomic E-state index is -1.46. The number of hydrogen-bond acceptors (Lipinski definition) is 7. The summed E-state index contributed by atoms with van der Waals surface area (Å²) >= 11 is 0. The number of hydrogen-bond donors (Lipinski definition) is 2. The number of methoxy groups -OCH3 is 1. The maximum absolute atomic E-state index is 13.4. The van der Waals surface area contributed by atoms with Gasteiger partial charge in [-0.3, -0.25) is 29.4 Å². The highest BCUT2D eigenvalue weighted by atomic mass is 16.5. The molecule has 3 fully saturated rings. The van der Waals surface area contributed by atoms with E-state index in [0.29, 0.717) is 61.3 Å². The van der Waals surface area contributed by atoms with E-state index in [1.807, 2.05) is 24.0 Å². The first-order valence-electron chi connectivity index (χ1n) is 16.4. The van der Waals surface area contributed by atoms with Gasteiger partial charge in [0.25, 0.3) is 5.91 Å². The number of nitrogens with one attached hydrogen (secondary N) is 2. The van der Waals surface area contributed by atoms with Gasteiger partial charge in [-0.25, -0.2) is 4.79 Å². The zero-order chi connectivity index (χ0) is 33.3. The second-order valence-electron chi connectivity index (χ2n) is 13.0. The van der Waals surface area contributed by atoms with Crippen molar-refractivity contribution in [1.82, 2.24) is 20.4 Å². The fraction of sp³-hybridized carbons (Fsp3) is 0.472. The third-order valence-corrected chi connectivity index (χ3v) is 10.1. The molecule has 2 N–H and O–H groups in total. The Bertz CT molecular complexity index is 1650. The Morgan fingerprint density at radius 1 is 1.04 bits per heavy atom. The lowest BCUT2D eigenvalue weighted by Gasteiger charge is -2.36. The van der Waals surface area contributed by atoms with Crippen molar-refractivity contribution in [3.8, 4) is 17.6 Å². The summed E-state index contributed by atoms with van der Waals surface area (Å²) in [5.74, 6) is 6.00. The molecule has 246 valence electrons. The number of Topliss-reactive ketones (excluding diaryl/α,β-unsaturated/α-hetero) is 1. The number of ketones is 1. The number of imide groups is 1. The Labute approximate surface area is 275 Å². The Morgan fingerprint density at radius 2 is 1.79 bits per heavy atom. The van der Waals surface area contributed by atoms with Crippen molar-refractivity contribution in [1.29, 1.82) is 0 Å². The van der Waals surface area contributed by atoms with Crippen LogP contribution in [0.3, 0.4) is 0 Å². The number of ether oxygens (including phenoxy) is 1. The van der Waals surface area contributed by atoms with E-state index in [1.165, 1.54) is 0 Å². The van der Waals surface area contributed by atoms with Crippen molar-refractivity contribution in [3.05, 3.63) is 59.2 Å². The maximum atomic E-state index is 13.4. The molecule has 11 heteroatoms. The molecule has 2 aromatic carbocycles. The van der Waals surface area contributed by atoms with E-state index in [4.69, 9.17) is 4.74 Å². The Morgan fingerprint density at radius 3 is 2.45 bits per heavy atom. The molecule has 3 heterocycles. The second kappa shape index (κ2) is 13.2. The molecule has 0 spiro atoms. The number of piperazine rings is 1. The fourth-order valence-corrected chi connectivity index (χ4v) is 7.27. The van der Waals surface area contributed by atoms with Gasteiger partial charge < -0.3 is 19.9 Å². The van der Waals surface area contributed by atoms with Gasteiger partial charge in [0.05, 0.1) is 7.11 Å². The van der Waals surface area contributed by atoms with E-state index in [9.17, 15) is 24.0 Å². The average molecular weight is 640 g/mol. The zero-order valence-corrected chi connectivity index (χ0v) is 27.1. The van der Waals surface area contributed by atoms with Crippen LogP contribution in [0.25, 0.3) is 0 Å². The van der Waals surface area contributed by atoms with Gasteiger partial charge in [-0.2, -0.15) is 0 Å². The van der Waals surface area contributed by atoms with Crippen LogP contribution in [0.15, 0.2) is 42.5 Å². The van der Waals surface area contributed by atoms with Crippen LogP contribution < -0.4 is 20.3 Å². The predicted molar refractivity (Wildman–Crippen MR) is 175 cm³/mol. The summed E-state index contributed by atoms with van der Waals surface area (Å²) in [5, 5.41) is 5.08. The van der Waals surface area contributed by atoms with Gasteiger partial charge in [0.2, 0.25) is 11.8 Å². The van der Waals surface area contributed by atoms with Crippen molar-refractivity contribution >= 4 is 35.2 Å². The van der Waals surface area contributed by atoms with E-state index in [2.05, 4.69) is 34.3 Å². The monoisotopic (exact) mass is 639 g/mol. The van der Waals surface area contributed by atoms with Gasteiger partial charge in [-0.05, 0) is 79.6 Å². The van der Waals surface area contributed by atoms with Crippen LogP contribution in [0.1, 0.15) is 61.0 Å². The molecule has 47 heavy (non-hydrogen) atoms. The molecule has 0 bridgehead atoms. The summed E-state index contributed by atoms with van der Waals surface area (Å²) in [6, 6.07) is 11.4. The van der Waals surface area contributed by atoms with Crippen LogP contribution in [0.2, 0.25) is 0 Å². The van der Waals surface area contributed by atoms with Crippen LogP contribution in [0.4, 0.5) is 10.5 Å². The number of anilines is 1. The largest absolute Gasteiger partial charge is 0.497 e. The normalized spacial score (nSPS) is 25.1. The van der Waals surface area contributed by atoms with E-state index in [0.717, 1.165) is 25.2 Å². The minimum absolute atomic E-state index is 0.0163. The molecular formula is C36H41N5O6. The fourth-order valence-electron chi connectivity index (χ4n) is 7.27. The molecule has 4 unspecified atom stereocenters. The van der Waals surface area contributed by atoms with Crippen molar-refractivity contribution in [3.63, 3.8) is 0 Å². The SMILES string of the molecule is CCN1CCN(C(=O)C2CCC(=O)N2c2ccc(C#CC3(CC(C)C4CC(=O)c5cc(OC)ccc5C4)NC(=O)NC3=O)cc2)CC1. The minimum Gasteiger partial charge on any atom is -0.497 e. The lowest BCUT2D eigenvalue weighted by molar-refractivity contribution is -0.134. The molecule has 3 saturated heterocycles. The number of amides is 5. The Kier molecular flexibility index (Phi) is 9.06. The number of carbonyl (C=O) groups excluding carboxylic acids is 5. The number of fused-ring (bicyclic) bond motifs is 1. The summed E-state index contributed by atoms with van der Waals surface area (Å²) in [7, 11) is 1.57. The highest BCUT2D eigenvalue weighted by molar-refractivity contribution is 6.09. The van der Waals surface area contributed by atoms with Crippen molar-refractivity contribution in [2.45, 2.75) is 57.5 Å². The number of nitrogens with zero attached hydrogens (tertiary/aromatic N) is 3. The molecule has 2 aromatic rings. The lowest BCUT2D eigenvalue weighted by Crippen LogP contribution is -2.54. The quantitative estimate of drug-likeness (QED) is 0.352. The summed E-state index contributed by atoms with van der Waals surface area (Å²) in [6.07, 6.45) is 2.03.